The van der Waals surface area contributed by atoms with Crippen LogP contribution in [-0.2, 0) is 21.1 Å². The molecule has 0 unspecified atom stereocenters. The Morgan fingerprint density at radius 3 is 2.43 bits per heavy atom. The highest BCUT2D eigenvalue weighted by Gasteiger charge is 2.45. The first-order valence-electron chi connectivity index (χ1n) is 11.8. The fourth-order valence-electron chi connectivity index (χ4n) is 4.42. The van der Waals surface area contributed by atoms with Crippen LogP contribution >= 0.6 is 0 Å². The lowest BCUT2D eigenvalue weighted by Crippen LogP contribution is -2.42. The molecule has 1 amide bonds. The summed E-state index contributed by atoms with van der Waals surface area (Å²) >= 11 is 0. The topological polar surface area (TPSA) is 119 Å². The average Bonchev–Trinajstić information content (AvgIpc) is 3.26. The first kappa shape index (κ1) is 26.3. The average molecular weight is 518 g/mol. The standard InChI is InChI=1S/C25H26F3N5O4/c1-3-37-23(36)24(10-8-18(34)9-11-24)20-6-5-17(13-29-20)32-22(35)19-14-31-33(15(19)2)21-7-4-16(12-30-21)25(26,27)28/h4-7,12-14,18,34H,3,8-11H2,1-2H3,(H,32,35). The Hall–Kier alpha value is -3.80. The SMILES string of the molecule is CCOC(=O)C1(c2ccc(NC(=O)c3cnn(-c4ccc(C(F)(F)F)cn4)c3C)cn2)CCC(O)CC1. The summed E-state index contributed by atoms with van der Waals surface area (Å²) in [5.41, 5.74) is -0.364. The van der Waals surface area contributed by atoms with E-state index in [1.165, 1.54) is 23.1 Å². The normalized spacial score (nSPS) is 19.9. The van der Waals surface area contributed by atoms with E-state index in [0.717, 1.165) is 6.07 Å². The Morgan fingerprint density at radius 2 is 1.86 bits per heavy atom. The van der Waals surface area contributed by atoms with Crippen molar-refractivity contribution < 1.29 is 32.6 Å². The number of alkyl halides is 3. The van der Waals surface area contributed by atoms with Gasteiger partial charge in [-0.05, 0) is 63.8 Å². The van der Waals surface area contributed by atoms with E-state index in [2.05, 4.69) is 20.4 Å². The molecule has 0 radical (unpaired) electrons. The highest BCUT2D eigenvalue weighted by molar-refractivity contribution is 6.04. The summed E-state index contributed by atoms with van der Waals surface area (Å²) in [6.07, 6.45) is 0.192. The van der Waals surface area contributed by atoms with Gasteiger partial charge in [0.15, 0.2) is 5.82 Å². The third-order valence-corrected chi connectivity index (χ3v) is 6.53. The van der Waals surface area contributed by atoms with Crippen LogP contribution in [0.15, 0.2) is 42.9 Å². The maximum Gasteiger partial charge on any atom is 0.417 e. The number of rotatable bonds is 6. The van der Waals surface area contributed by atoms with Crippen LogP contribution in [0, 0.1) is 6.92 Å². The molecule has 12 heteroatoms. The molecule has 3 heterocycles. The van der Waals surface area contributed by atoms with Gasteiger partial charge in [0.2, 0.25) is 0 Å². The van der Waals surface area contributed by atoms with E-state index in [-0.39, 0.29) is 24.0 Å². The lowest BCUT2D eigenvalue weighted by Gasteiger charge is -2.36. The number of hydrogen-bond acceptors (Lipinski definition) is 7. The van der Waals surface area contributed by atoms with Crippen LogP contribution in [0.3, 0.4) is 0 Å². The van der Waals surface area contributed by atoms with Crippen molar-refractivity contribution in [3.05, 3.63) is 65.4 Å². The molecule has 4 rings (SSSR count). The number of halogens is 3. The van der Waals surface area contributed by atoms with Crippen LogP contribution in [0.1, 0.15) is 59.9 Å². The van der Waals surface area contributed by atoms with E-state index in [4.69, 9.17) is 4.74 Å². The molecule has 9 nitrogen and oxygen atoms in total. The number of carbonyl (C=O) groups is 2. The predicted octanol–water partition coefficient (Wildman–Crippen LogP) is 3.98. The van der Waals surface area contributed by atoms with Gasteiger partial charge in [-0.3, -0.25) is 14.6 Å². The maximum absolute atomic E-state index is 12.9. The molecule has 1 fully saturated rings. The Bertz CT molecular complexity index is 1260. The molecule has 1 saturated carbocycles. The van der Waals surface area contributed by atoms with Crippen LogP contribution in [-0.4, -0.2) is 49.4 Å². The summed E-state index contributed by atoms with van der Waals surface area (Å²) in [6.45, 7) is 3.56. The zero-order chi connectivity index (χ0) is 26.8. The second kappa shape index (κ2) is 10.3. The van der Waals surface area contributed by atoms with Crippen molar-refractivity contribution in [2.75, 3.05) is 11.9 Å². The fraction of sp³-hybridized carbons (Fsp3) is 0.400. The Labute approximate surface area is 210 Å². The van der Waals surface area contributed by atoms with Crippen LogP contribution in [0.4, 0.5) is 18.9 Å². The zero-order valence-electron chi connectivity index (χ0n) is 20.2. The number of nitrogens with one attached hydrogen (secondary N) is 1. The molecule has 3 aromatic rings. The number of hydrogen-bond donors (Lipinski definition) is 2. The molecule has 0 aromatic carbocycles. The lowest BCUT2D eigenvalue weighted by molar-refractivity contribution is -0.152. The second-order valence-corrected chi connectivity index (χ2v) is 8.88. The smallest absolute Gasteiger partial charge is 0.417 e. The third-order valence-electron chi connectivity index (χ3n) is 6.53. The Morgan fingerprint density at radius 1 is 1.14 bits per heavy atom. The third kappa shape index (κ3) is 5.33. The van der Waals surface area contributed by atoms with E-state index >= 15 is 0 Å². The van der Waals surface area contributed by atoms with Crippen molar-refractivity contribution >= 4 is 17.6 Å². The molecular formula is C25H26F3N5O4. The highest BCUT2D eigenvalue weighted by Crippen LogP contribution is 2.40. The van der Waals surface area contributed by atoms with Gasteiger partial charge in [0.05, 0.1) is 53.3 Å². The van der Waals surface area contributed by atoms with E-state index in [1.807, 2.05) is 0 Å². The predicted molar refractivity (Wildman–Crippen MR) is 126 cm³/mol. The molecule has 1 aliphatic carbocycles. The first-order chi connectivity index (χ1) is 17.5. The van der Waals surface area contributed by atoms with Crippen molar-refractivity contribution in [3.8, 4) is 5.82 Å². The van der Waals surface area contributed by atoms with Crippen molar-refractivity contribution in [1.82, 2.24) is 19.7 Å². The van der Waals surface area contributed by atoms with Gasteiger partial charge in [-0.1, -0.05) is 0 Å². The monoisotopic (exact) mass is 517 g/mol. The largest absolute Gasteiger partial charge is 0.465 e. The van der Waals surface area contributed by atoms with Crippen LogP contribution < -0.4 is 5.32 Å². The lowest BCUT2D eigenvalue weighted by atomic mass is 9.70. The highest BCUT2D eigenvalue weighted by atomic mass is 19.4. The van der Waals surface area contributed by atoms with Gasteiger partial charge in [0, 0.05) is 6.20 Å². The van der Waals surface area contributed by atoms with E-state index in [1.54, 1.807) is 26.0 Å². The summed E-state index contributed by atoms with van der Waals surface area (Å²) in [6, 6.07) is 5.36. The second-order valence-electron chi connectivity index (χ2n) is 8.88. The summed E-state index contributed by atoms with van der Waals surface area (Å²) in [4.78, 5) is 33.9. The number of esters is 1. The molecule has 1 aliphatic rings. The van der Waals surface area contributed by atoms with Gasteiger partial charge >= 0.3 is 12.1 Å². The minimum Gasteiger partial charge on any atom is -0.465 e. The molecule has 0 atom stereocenters. The number of nitrogens with zero attached hydrogens (tertiary/aromatic N) is 4. The quantitative estimate of drug-likeness (QED) is 0.475. The molecule has 0 aliphatic heterocycles. The molecule has 0 spiro atoms. The van der Waals surface area contributed by atoms with Crippen LogP contribution in [0.2, 0.25) is 0 Å². The van der Waals surface area contributed by atoms with Crippen molar-refractivity contribution in [2.24, 2.45) is 0 Å². The number of aliphatic hydroxyl groups excluding tert-OH is 1. The number of aromatic nitrogens is 4. The van der Waals surface area contributed by atoms with Crippen molar-refractivity contribution in [1.29, 1.82) is 0 Å². The van der Waals surface area contributed by atoms with Gasteiger partial charge in [-0.15, -0.1) is 0 Å². The molecule has 3 aromatic heterocycles. The first-order valence-corrected chi connectivity index (χ1v) is 11.8. The van der Waals surface area contributed by atoms with Gasteiger partial charge < -0.3 is 15.2 Å². The molecule has 37 heavy (non-hydrogen) atoms. The molecule has 2 N–H and O–H groups in total. The summed E-state index contributed by atoms with van der Waals surface area (Å²) in [5, 5.41) is 16.7. The van der Waals surface area contributed by atoms with Crippen molar-refractivity contribution in [3.63, 3.8) is 0 Å². The zero-order valence-corrected chi connectivity index (χ0v) is 20.2. The van der Waals surface area contributed by atoms with Gasteiger partial charge in [-0.25, -0.2) is 9.67 Å². The van der Waals surface area contributed by atoms with Crippen molar-refractivity contribution in [2.45, 2.75) is 57.2 Å². The Balaban J connectivity index is 1.50. The van der Waals surface area contributed by atoms with E-state index in [9.17, 15) is 27.9 Å². The number of carbonyl (C=O) groups excluding carboxylic acids is 2. The van der Waals surface area contributed by atoms with Gasteiger partial charge in [0.1, 0.15) is 5.41 Å². The number of ether oxygens (including phenoxy) is 1. The minimum absolute atomic E-state index is 0.137. The number of aliphatic hydroxyl groups is 1. The Kier molecular flexibility index (Phi) is 7.30. The van der Waals surface area contributed by atoms with E-state index < -0.39 is 29.2 Å². The molecule has 196 valence electrons. The van der Waals surface area contributed by atoms with E-state index in [0.29, 0.717) is 49.0 Å². The van der Waals surface area contributed by atoms with Crippen LogP contribution in [0.5, 0.6) is 0 Å². The molecule has 0 bridgehead atoms. The fourth-order valence-corrected chi connectivity index (χ4v) is 4.42. The molecule has 0 saturated heterocycles. The number of anilines is 1. The summed E-state index contributed by atoms with van der Waals surface area (Å²) in [5.74, 6) is -0.741. The summed E-state index contributed by atoms with van der Waals surface area (Å²) < 4.78 is 45.0. The van der Waals surface area contributed by atoms with Crippen LogP contribution in [0.25, 0.3) is 5.82 Å². The van der Waals surface area contributed by atoms with Gasteiger partial charge in [0.25, 0.3) is 5.91 Å². The molecular weight excluding hydrogens is 491 g/mol. The minimum atomic E-state index is -4.51. The number of amides is 1. The van der Waals surface area contributed by atoms with Gasteiger partial charge in [-0.2, -0.15) is 18.3 Å². The summed E-state index contributed by atoms with van der Waals surface area (Å²) in [7, 11) is 0. The number of pyridine rings is 2. The maximum atomic E-state index is 12.9.